The standard InChI is InChI=1S/C15H16O2/c1-3-4-5-6-12-10-15(16)17-14-9-11(2)7-8-13(12)14/h3,7-10H,1,4-6H2,2H3. The summed E-state index contributed by atoms with van der Waals surface area (Å²) < 4.78 is 5.21. The predicted molar refractivity (Wildman–Crippen MR) is 70.4 cm³/mol. The van der Waals surface area contributed by atoms with Crippen molar-refractivity contribution in [2.24, 2.45) is 0 Å². The van der Waals surface area contributed by atoms with Crippen LogP contribution in [0.5, 0.6) is 0 Å². The lowest BCUT2D eigenvalue weighted by atomic mass is 10.0. The quantitative estimate of drug-likeness (QED) is 0.454. The number of rotatable bonds is 4. The van der Waals surface area contributed by atoms with Crippen molar-refractivity contribution >= 4 is 11.0 Å². The largest absolute Gasteiger partial charge is 0.423 e. The van der Waals surface area contributed by atoms with Gasteiger partial charge in [-0.25, -0.2) is 4.79 Å². The monoisotopic (exact) mass is 228 g/mol. The Hall–Kier alpha value is -1.83. The summed E-state index contributed by atoms with van der Waals surface area (Å²) >= 11 is 0. The van der Waals surface area contributed by atoms with Gasteiger partial charge in [-0.15, -0.1) is 6.58 Å². The van der Waals surface area contributed by atoms with E-state index in [9.17, 15) is 4.79 Å². The number of allylic oxidation sites excluding steroid dienone is 1. The minimum Gasteiger partial charge on any atom is -0.423 e. The van der Waals surface area contributed by atoms with Crippen molar-refractivity contribution in [3.63, 3.8) is 0 Å². The van der Waals surface area contributed by atoms with Gasteiger partial charge < -0.3 is 4.42 Å². The Morgan fingerprint density at radius 3 is 2.94 bits per heavy atom. The summed E-state index contributed by atoms with van der Waals surface area (Å²) in [7, 11) is 0. The lowest BCUT2D eigenvalue weighted by molar-refractivity contribution is 0.558. The fourth-order valence-corrected chi connectivity index (χ4v) is 1.98. The van der Waals surface area contributed by atoms with Crippen LogP contribution in [0.1, 0.15) is 24.0 Å². The Kier molecular flexibility index (Phi) is 3.43. The van der Waals surface area contributed by atoms with Crippen molar-refractivity contribution in [3.05, 3.63) is 58.5 Å². The molecule has 0 saturated heterocycles. The molecule has 0 bridgehead atoms. The van der Waals surface area contributed by atoms with Crippen molar-refractivity contribution in [3.8, 4) is 0 Å². The van der Waals surface area contributed by atoms with E-state index in [0.29, 0.717) is 5.58 Å². The summed E-state index contributed by atoms with van der Waals surface area (Å²) in [5.41, 5.74) is 2.59. The Morgan fingerprint density at radius 1 is 1.35 bits per heavy atom. The first-order chi connectivity index (χ1) is 8.20. The third-order valence-corrected chi connectivity index (χ3v) is 2.84. The molecule has 0 aliphatic heterocycles. The van der Waals surface area contributed by atoms with E-state index in [4.69, 9.17) is 4.42 Å². The van der Waals surface area contributed by atoms with Gasteiger partial charge in [-0.3, -0.25) is 0 Å². The molecular formula is C15H16O2. The van der Waals surface area contributed by atoms with E-state index in [1.165, 1.54) is 0 Å². The molecule has 0 aliphatic carbocycles. The number of aryl methyl sites for hydroxylation is 2. The van der Waals surface area contributed by atoms with Crippen LogP contribution in [-0.2, 0) is 6.42 Å². The van der Waals surface area contributed by atoms with Gasteiger partial charge in [0.1, 0.15) is 5.58 Å². The zero-order valence-electron chi connectivity index (χ0n) is 10.0. The van der Waals surface area contributed by atoms with E-state index in [0.717, 1.165) is 35.8 Å². The van der Waals surface area contributed by atoms with E-state index in [2.05, 4.69) is 6.58 Å². The number of benzene rings is 1. The molecule has 1 heterocycles. The van der Waals surface area contributed by atoms with E-state index in [1.54, 1.807) is 6.07 Å². The van der Waals surface area contributed by atoms with E-state index in [1.807, 2.05) is 31.2 Å². The van der Waals surface area contributed by atoms with Gasteiger partial charge in [0.05, 0.1) is 0 Å². The van der Waals surface area contributed by atoms with Crippen LogP contribution in [0.15, 0.2) is 46.1 Å². The third kappa shape index (κ3) is 2.64. The van der Waals surface area contributed by atoms with Crippen molar-refractivity contribution in [1.29, 1.82) is 0 Å². The van der Waals surface area contributed by atoms with Crippen LogP contribution in [0.3, 0.4) is 0 Å². The van der Waals surface area contributed by atoms with Gasteiger partial charge in [0.2, 0.25) is 0 Å². The Balaban J connectivity index is 2.46. The predicted octanol–water partition coefficient (Wildman–Crippen LogP) is 3.61. The molecule has 17 heavy (non-hydrogen) atoms. The van der Waals surface area contributed by atoms with E-state index < -0.39 is 0 Å². The smallest absolute Gasteiger partial charge is 0.336 e. The van der Waals surface area contributed by atoms with Gasteiger partial charge in [0.25, 0.3) is 0 Å². The molecule has 2 rings (SSSR count). The first-order valence-electron chi connectivity index (χ1n) is 5.85. The van der Waals surface area contributed by atoms with Crippen LogP contribution in [0.25, 0.3) is 11.0 Å². The Morgan fingerprint density at radius 2 is 2.18 bits per heavy atom. The molecule has 0 atom stereocenters. The number of fused-ring (bicyclic) bond motifs is 1. The summed E-state index contributed by atoms with van der Waals surface area (Å²) in [4.78, 5) is 11.5. The zero-order valence-corrected chi connectivity index (χ0v) is 10.0. The van der Waals surface area contributed by atoms with E-state index >= 15 is 0 Å². The SMILES string of the molecule is C=CCCCc1cc(=O)oc2cc(C)ccc12. The molecule has 88 valence electrons. The fraction of sp³-hybridized carbons (Fsp3) is 0.267. The van der Waals surface area contributed by atoms with Crippen LogP contribution in [-0.4, -0.2) is 0 Å². The number of unbranched alkanes of at least 4 members (excludes halogenated alkanes) is 1. The fourth-order valence-electron chi connectivity index (χ4n) is 1.98. The molecular weight excluding hydrogens is 212 g/mol. The van der Waals surface area contributed by atoms with Gasteiger partial charge in [-0.1, -0.05) is 18.2 Å². The van der Waals surface area contributed by atoms with Gasteiger partial charge in [0.15, 0.2) is 0 Å². The molecule has 0 amide bonds. The second kappa shape index (κ2) is 5.00. The number of hydrogen-bond acceptors (Lipinski definition) is 2. The summed E-state index contributed by atoms with van der Waals surface area (Å²) in [5, 5.41) is 1.04. The summed E-state index contributed by atoms with van der Waals surface area (Å²) in [6, 6.07) is 7.57. The highest BCUT2D eigenvalue weighted by molar-refractivity contribution is 5.80. The first kappa shape index (κ1) is 11.6. The molecule has 2 aromatic rings. The lowest BCUT2D eigenvalue weighted by Crippen LogP contribution is -2.00. The van der Waals surface area contributed by atoms with Gasteiger partial charge >= 0.3 is 5.63 Å². The minimum atomic E-state index is -0.267. The summed E-state index contributed by atoms with van der Waals surface area (Å²) in [6.07, 6.45) is 4.76. The van der Waals surface area contributed by atoms with E-state index in [-0.39, 0.29) is 5.63 Å². The average Bonchev–Trinajstić information content (AvgIpc) is 2.28. The molecule has 0 saturated carbocycles. The van der Waals surface area contributed by atoms with Crippen molar-refractivity contribution in [2.45, 2.75) is 26.2 Å². The second-order valence-corrected chi connectivity index (χ2v) is 4.27. The molecule has 1 aromatic heterocycles. The topological polar surface area (TPSA) is 30.2 Å². The maximum atomic E-state index is 11.5. The van der Waals surface area contributed by atoms with Gasteiger partial charge in [0, 0.05) is 11.5 Å². The third-order valence-electron chi connectivity index (χ3n) is 2.84. The van der Waals surface area contributed by atoms with Crippen LogP contribution < -0.4 is 5.63 Å². The number of hydrogen-bond donors (Lipinski definition) is 0. The molecule has 0 radical (unpaired) electrons. The maximum absolute atomic E-state index is 11.5. The summed E-state index contributed by atoms with van der Waals surface area (Å²) in [5.74, 6) is 0. The molecule has 0 fully saturated rings. The first-order valence-corrected chi connectivity index (χ1v) is 5.85. The van der Waals surface area contributed by atoms with Crippen LogP contribution >= 0.6 is 0 Å². The van der Waals surface area contributed by atoms with Crippen molar-refractivity contribution in [2.75, 3.05) is 0 Å². The highest BCUT2D eigenvalue weighted by Gasteiger charge is 2.05. The lowest BCUT2D eigenvalue weighted by Gasteiger charge is -2.05. The van der Waals surface area contributed by atoms with Crippen molar-refractivity contribution in [1.82, 2.24) is 0 Å². The highest BCUT2D eigenvalue weighted by Crippen LogP contribution is 2.19. The molecule has 0 spiro atoms. The van der Waals surface area contributed by atoms with Crippen LogP contribution in [0.4, 0.5) is 0 Å². The normalized spacial score (nSPS) is 10.6. The van der Waals surface area contributed by atoms with Gasteiger partial charge in [-0.05, 0) is 43.4 Å². The zero-order chi connectivity index (χ0) is 12.3. The second-order valence-electron chi connectivity index (χ2n) is 4.27. The van der Waals surface area contributed by atoms with Crippen LogP contribution in [0, 0.1) is 6.92 Å². The summed E-state index contributed by atoms with van der Waals surface area (Å²) in [6.45, 7) is 5.69. The molecule has 2 heteroatoms. The maximum Gasteiger partial charge on any atom is 0.336 e. The molecule has 0 aliphatic rings. The molecule has 0 unspecified atom stereocenters. The highest BCUT2D eigenvalue weighted by atomic mass is 16.4. The van der Waals surface area contributed by atoms with Gasteiger partial charge in [-0.2, -0.15) is 0 Å². The average molecular weight is 228 g/mol. The Bertz CT molecular complexity index is 593. The molecule has 2 nitrogen and oxygen atoms in total. The van der Waals surface area contributed by atoms with Crippen LogP contribution in [0.2, 0.25) is 0 Å². The Labute approximate surface area is 101 Å². The van der Waals surface area contributed by atoms with Crippen molar-refractivity contribution < 1.29 is 4.42 Å². The molecule has 1 aromatic carbocycles. The molecule has 0 N–H and O–H groups in total. The minimum absolute atomic E-state index is 0.267.